The van der Waals surface area contributed by atoms with Crippen LogP contribution in [0.1, 0.15) is 39.5 Å². The van der Waals surface area contributed by atoms with Gasteiger partial charge in [-0.25, -0.2) is 0 Å². The van der Waals surface area contributed by atoms with Gasteiger partial charge in [0.25, 0.3) is 10.3 Å². The van der Waals surface area contributed by atoms with Gasteiger partial charge in [0.2, 0.25) is 0 Å². The second kappa shape index (κ2) is 18.4. The topological polar surface area (TPSA) is 70.5 Å². The molecular weight excluding hydrogens is 340 g/mol. The van der Waals surface area contributed by atoms with E-state index in [1.54, 1.807) is 0 Å². The van der Waals surface area contributed by atoms with Crippen molar-refractivity contribution in [2.45, 2.75) is 39.5 Å². The van der Waals surface area contributed by atoms with Crippen LogP contribution in [-0.4, -0.2) is 23.6 Å². The van der Waals surface area contributed by atoms with Gasteiger partial charge in [0.1, 0.15) is 0 Å². The predicted molar refractivity (Wildman–Crippen MR) is 75.3 cm³/mol. The Hall–Kier alpha value is 0.0683. The van der Waals surface area contributed by atoms with Crippen LogP contribution < -0.4 is 11.5 Å². The first-order valence-electron chi connectivity index (χ1n) is 5.39. The molecule has 0 aliphatic carbocycles. The summed E-state index contributed by atoms with van der Waals surface area (Å²) in [6.45, 7) is 5.25. The van der Waals surface area contributed by atoms with Gasteiger partial charge in [-0.1, -0.05) is 26.2 Å². The molecule has 0 spiro atoms. The molecule has 0 saturated carbocycles. The molecule has 102 valence electrons. The van der Waals surface area contributed by atoms with Crippen LogP contribution in [0.5, 0.6) is 0 Å². The van der Waals surface area contributed by atoms with Gasteiger partial charge in [0.05, 0.1) is 13.2 Å². The summed E-state index contributed by atoms with van der Waals surface area (Å²) < 4.78 is 9.45. The van der Waals surface area contributed by atoms with Crippen LogP contribution >= 0.6 is 24.4 Å². The second-order valence-corrected chi connectivity index (χ2v) is 3.78. The van der Waals surface area contributed by atoms with E-state index in [1.165, 1.54) is 19.3 Å². The zero-order chi connectivity index (χ0) is 12.8. The summed E-state index contributed by atoms with van der Waals surface area (Å²) in [5, 5.41) is 0.286. The van der Waals surface area contributed by atoms with Crippen LogP contribution in [0, 0.1) is 0 Å². The average Bonchev–Trinajstić information content (AvgIpc) is 2.17. The van der Waals surface area contributed by atoms with Gasteiger partial charge in [-0.2, -0.15) is 0 Å². The molecule has 0 aromatic carbocycles. The van der Waals surface area contributed by atoms with Crippen molar-refractivity contribution in [2.75, 3.05) is 13.2 Å². The third-order valence-electron chi connectivity index (χ3n) is 1.53. The number of rotatable bonds is 6. The Labute approximate surface area is 129 Å². The quantitative estimate of drug-likeness (QED) is 0.428. The molecule has 0 aliphatic rings. The van der Waals surface area contributed by atoms with Crippen LogP contribution in [0.25, 0.3) is 0 Å². The maximum Gasteiger partial charge on any atom is 0.253 e. The molecule has 0 bridgehead atoms. The molecule has 4 N–H and O–H groups in total. The Morgan fingerprint density at radius 2 is 1.47 bits per heavy atom. The molecule has 0 rings (SSSR count). The van der Waals surface area contributed by atoms with Gasteiger partial charge in [-0.3, -0.25) is 0 Å². The molecule has 7 heteroatoms. The van der Waals surface area contributed by atoms with Crippen molar-refractivity contribution in [1.82, 2.24) is 0 Å². The SMILES string of the molecule is CCCCCCOC(N)=S.CCOC(N)=S.[Mo]. The first-order chi connectivity index (χ1) is 7.54. The minimum absolute atomic E-state index is 0. The molecule has 0 radical (unpaired) electrons. The molecule has 0 aliphatic heterocycles. The number of ether oxygens (including phenoxy) is 2. The van der Waals surface area contributed by atoms with E-state index >= 15 is 0 Å². The standard InChI is InChI=1S/C7H15NOS.C3H7NOS.Mo/c1-2-3-4-5-6-9-7(8)10;1-2-5-3(4)6;/h2-6H2,1H3,(H2,8,10);2H2,1H3,(H2,4,6);. The van der Waals surface area contributed by atoms with Crippen molar-refractivity contribution in [1.29, 1.82) is 0 Å². The molecule has 0 saturated heterocycles. The van der Waals surface area contributed by atoms with E-state index in [4.69, 9.17) is 16.2 Å². The predicted octanol–water partition coefficient (Wildman–Crippen LogP) is 2.09. The van der Waals surface area contributed by atoms with Crippen molar-refractivity contribution in [3.8, 4) is 0 Å². The smallest absolute Gasteiger partial charge is 0.253 e. The molecule has 0 atom stereocenters. The summed E-state index contributed by atoms with van der Waals surface area (Å²) in [6, 6.07) is 0. The van der Waals surface area contributed by atoms with E-state index in [2.05, 4.69) is 36.1 Å². The van der Waals surface area contributed by atoms with Gasteiger partial charge in [-0.15, -0.1) is 0 Å². The largest absolute Gasteiger partial charge is 0.472 e. The minimum atomic E-state index is 0. The molecule has 4 nitrogen and oxygen atoms in total. The maximum atomic E-state index is 5.12. The van der Waals surface area contributed by atoms with E-state index < -0.39 is 0 Å². The summed E-state index contributed by atoms with van der Waals surface area (Å²) in [6.07, 6.45) is 4.78. The number of hydrogen-bond donors (Lipinski definition) is 2. The molecule has 0 unspecified atom stereocenters. The van der Waals surface area contributed by atoms with Crippen LogP contribution in [0.3, 0.4) is 0 Å². The molecular formula is C10H22MoN2O2S2. The van der Waals surface area contributed by atoms with Crippen molar-refractivity contribution >= 4 is 34.8 Å². The van der Waals surface area contributed by atoms with Gasteiger partial charge >= 0.3 is 0 Å². The monoisotopic (exact) mass is 364 g/mol. The van der Waals surface area contributed by atoms with E-state index in [9.17, 15) is 0 Å². The Balaban J connectivity index is -0.000000244. The van der Waals surface area contributed by atoms with E-state index in [1.807, 2.05) is 6.92 Å². The molecule has 0 heterocycles. The Bertz CT molecular complexity index is 195. The maximum absolute atomic E-state index is 5.12. The number of nitrogens with two attached hydrogens (primary N) is 2. The van der Waals surface area contributed by atoms with Crippen LogP contribution in [-0.2, 0) is 30.5 Å². The fourth-order valence-electron chi connectivity index (χ4n) is 0.844. The third kappa shape index (κ3) is 31.4. The van der Waals surface area contributed by atoms with Gasteiger partial charge in [-0.05, 0) is 37.8 Å². The first kappa shape index (κ1) is 22.3. The van der Waals surface area contributed by atoms with Gasteiger partial charge in [0, 0.05) is 21.1 Å². The number of unbranched alkanes of at least 4 members (excludes halogenated alkanes) is 3. The summed E-state index contributed by atoms with van der Waals surface area (Å²) >= 11 is 8.88. The van der Waals surface area contributed by atoms with Crippen molar-refractivity contribution < 1.29 is 30.5 Å². The number of hydrogen-bond acceptors (Lipinski definition) is 4. The average molecular weight is 362 g/mol. The molecule has 17 heavy (non-hydrogen) atoms. The summed E-state index contributed by atoms with van der Waals surface area (Å²) in [4.78, 5) is 0. The normalized spacial score (nSPS) is 8.12. The zero-order valence-corrected chi connectivity index (χ0v) is 14.1. The Kier molecular flexibility index (Phi) is 24.1. The number of thiocarbonyl (C=S) groups is 2. The molecule has 0 aromatic heterocycles. The molecule has 0 aromatic rings. The molecule has 0 fully saturated rings. The zero-order valence-electron chi connectivity index (χ0n) is 10.4. The van der Waals surface area contributed by atoms with E-state index in [-0.39, 0.29) is 31.4 Å². The van der Waals surface area contributed by atoms with Crippen LogP contribution in [0.2, 0.25) is 0 Å². The van der Waals surface area contributed by atoms with Crippen molar-refractivity contribution in [3.63, 3.8) is 0 Å². The van der Waals surface area contributed by atoms with E-state index in [0.29, 0.717) is 13.2 Å². The first-order valence-corrected chi connectivity index (χ1v) is 6.20. The van der Waals surface area contributed by atoms with Crippen molar-refractivity contribution in [3.05, 3.63) is 0 Å². The van der Waals surface area contributed by atoms with Gasteiger partial charge in [0.15, 0.2) is 0 Å². The summed E-state index contributed by atoms with van der Waals surface area (Å²) in [5.74, 6) is 0. The minimum Gasteiger partial charge on any atom is -0.472 e. The Morgan fingerprint density at radius 1 is 0.941 bits per heavy atom. The van der Waals surface area contributed by atoms with Crippen LogP contribution in [0.15, 0.2) is 0 Å². The summed E-state index contributed by atoms with van der Waals surface area (Å²) in [7, 11) is 0. The van der Waals surface area contributed by atoms with Crippen molar-refractivity contribution in [2.24, 2.45) is 11.5 Å². The summed E-state index contributed by atoms with van der Waals surface area (Å²) in [5.41, 5.74) is 10.0. The fourth-order valence-corrected chi connectivity index (χ4v) is 1.05. The second-order valence-electron chi connectivity index (χ2n) is 2.98. The van der Waals surface area contributed by atoms with E-state index in [0.717, 1.165) is 6.42 Å². The fraction of sp³-hybridized carbons (Fsp3) is 0.800. The van der Waals surface area contributed by atoms with Crippen LogP contribution in [0.4, 0.5) is 0 Å². The Morgan fingerprint density at radius 3 is 1.76 bits per heavy atom. The van der Waals surface area contributed by atoms with Gasteiger partial charge < -0.3 is 20.9 Å². The molecule has 0 amide bonds. The third-order valence-corrected chi connectivity index (χ3v) is 1.76.